The Morgan fingerprint density at radius 2 is 0.746 bits per heavy atom. The highest BCUT2D eigenvalue weighted by Gasteiger charge is 2.46. The van der Waals surface area contributed by atoms with Crippen molar-refractivity contribution in [2.45, 2.75) is 0 Å². The number of aromatic nitrogens is 4. The molecule has 0 fully saturated rings. The number of rotatable bonds is 4. The predicted octanol–water partition coefficient (Wildman–Crippen LogP) is 11.7. The minimum Gasteiger partial charge on any atom is -0.292 e. The van der Waals surface area contributed by atoms with Gasteiger partial charge in [0.25, 0.3) is 6.71 Å². The number of anilines is 6. The van der Waals surface area contributed by atoms with Crippen LogP contribution in [0.3, 0.4) is 0 Å². The lowest BCUT2D eigenvalue weighted by Crippen LogP contribution is -2.60. The van der Waals surface area contributed by atoms with Crippen LogP contribution in [-0.4, -0.2) is 26.3 Å². The van der Waals surface area contributed by atoms with Crippen molar-refractivity contribution >= 4 is 79.3 Å². The number of fused-ring (bicyclic) bond motifs is 8. The van der Waals surface area contributed by atoms with E-state index in [1.807, 2.05) is 0 Å². The Labute approximate surface area is 363 Å². The van der Waals surface area contributed by atoms with Crippen LogP contribution in [0.4, 0.5) is 34.4 Å². The fourth-order valence-electron chi connectivity index (χ4n) is 11.3. The van der Waals surface area contributed by atoms with Gasteiger partial charge in [-0.2, -0.15) is 0 Å². The van der Waals surface area contributed by atoms with Gasteiger partial charge < -0.3 is 0 Å². The van der Waals surface area contributed by atoms with Gasteiger partial charge in [0.2, 0.25) is 0 Å². The second-order valence-corrected chi connectivity index (χ2v) is 16.9. The maximum absolute atomic E-state index is 5.80. The lowest BCUT2D eigenvalue weighted by Gasteiger charge is -2.35. The smallest absolute Gasteiger partial charge is 0.252 e. The fourth-order valence-corrected chi connectivity index (χ4v) is 11.3. The van der Waals surface area contributed by atoms with Gasteiger partial charge in [0.15, 0.2) is 11.6 Å². The zero-order valence-corrected chi connectivity index (χ0v) is 33.8. The zero-order chi connectivity index (χ0) is 40.9. The van der Waals surface area contributed by atoms with Crippen LogP contribution in [-0.2, 0) is 0 Å². The first-order valence-corrected chi connectivity index (χ1v) is 21.6. The Morgan fingerprint density at radius 1 is 0.349 bits per heavy atom. The highest BCUT2D eigenvalue weighted by atomic mass is 15.4. The topological polar surface area (TPSA) is 42.1 Å². The van der Waals surface area contributed by atoms with Crippen molar-refractivity contribution in [2.24, 2.45) is 0 Å². The largest absolute Gasteiger partial charge is 0.292 e. The van der Waals surface area contributed by atoms with Crippen LogP contribution in [0.15, 0.2) is 200 Å². The summed E-state index contributed by atoms with van der Waals surface area (Å²) in [5, 5.41) is 14.0. The molecule has 4 aliphatic heterocycles. The molecular weight excluding hydrogens is 767 g/mol. The fraction of sp³-hybridized carbons (Fsp3) is 0. The molecule has 7 heteroatoms. The van der Waals surface area contributed by atoms with Crippen molar-refractivity contribution in [3.05, 3.63) is 200 Å². The van der Waals surface area contributed by atoms with Crippen LogP contribution in [0, 0.1) is 0 Å². The van der Waals surface area contributed by atoms with Crippen molar-refractivity contribution in [1.29, 1.82) is 0 Å². The third kappa shape index (κ3) is 4.23. The summed E-state index contributed by atoms with van der Waals surface area (Å²) in [7, 11) is 0. The minimum absolute atomic E-state index is 0.108. The number of para-hydroxylation sites is 4. The Balaban J connectivity index is 1.13. The summed E-state index contributed by atoms with van der Waals surface area (Å²) in [5.74, 6) is 1.88. The molecule has 0 spiro atoms. The van der Waals surface area contributed by atoms with Crippen molar-refractivity contribution in [2.75, 3.05) is 9.80 Å². The molecule has 15 rings (SSSR count). The summed E-state index contributed by atoms with van der Waals surface area (Å²) >= 11 is 0. The van der Waals surface area contributed by atoms with Gasteiger partial charge in [0.05, 0.1) is 44.6 Å². The quantitative estimate of drug-likeness (QED) is 0.166. The van der Waals surface area contributed by atoms with E-state index in [-0.39, 0.29) is 6.71 Å². The predicted molar refractivity (Wildman–Crippen MR) is 259 cm³/mol. The molecule has 0 N–H and O–H groups in total. The monoisotopic (exact) mass is 800 g/mol. The van der Waals surface area contributed by atoms with Crippen molar-refractivity contribution in [3.8, 4) is 55.9 Å². The first-order valence-electron chi connectivity index (χ1n) is 21.6. The standard InChI is InChI=1S/C56H33BN6/c1-5-17-34(18-6-1)42-33-43(35-19-7-2-8-20-35)52-50-51(42)62-53-44(31-29-40-38-25-13-15-27-46(38)60(55(58-62)48(40)53)36-21-9-3-10-22-36)57(50)45-32-30-41-39-26-14-16-28-47(39)61(37-23-11-4-12-24-37)56-49(41)54(45)63(52)59-56/h1-33H. The van der Waals surface area contributed by atoms with Gasteiger partial charge in [0, 0.05) is 33.6 Å². The molecule has 6 nitrogen and oxygen atoms in total. The van der Waals surface area contributed by atoms with Crippen LogP contribution < -0.4 is 26.2 Å². The first kappa shape index (κ1) is 33.3. The first-order chi connectivity index (χ1) is 31.3. The van der Waals surface area contributed by atoms with Gasteiger partial charge in [0.1, 0.15) is 0 Å². The SMILES string of the molecule is c1ccc(-c2cc(-c3ccccc3)c3c4c2-n2nc5c6c(ccc(c62)B4c2ccc4c6c(nn-3c26)N(c2ccccc2)c2ccccc2-4)-c2ccccc2N5c2ccccc2)cc1. The Bertz CT molecular complexity index is 3500. The third-order valence-corrected chi connectivity index (χ3v) is 13.8. The minimum atomic E-state index is -0.108. The normalized spacial score (nSPS) is 13.3. The molecule has 9 aromatic carbocycles. The lowest BCUT2D eigenvalue weighted by atomic mass is 9.33. The van der Waals surface area contributed by atoms with Gasteiger partial charge >= 0.3 is 0 Å². The Morgan fingerprint density at radius 3 is 1.19 bits per heavy atom. The van der Waals surface area contributed by atoms with Crippen LogP contribution in [0.25, 0.3) is 77.7 Å². The number of benzene rings is 9. The second-order valence-electron chi connectivity index (χ2n) is 16.9. The van der Waals surface area contributed by atoms with E-state index in [1.54, 1.807) is 0 Å². The highest BCUT2D eigenvalue weighted by molar-refractivity contribution is 7.00. The molecule has 0 amide bonds. The molecule has 63 heavy (non-hydrogen) atoms. The summed E-state index contributed by atoms with van der Waals surface area (Å²) in [6, 6.07) is 72.6. The van der Waals surface area contributed by atoms with E-state index in [9.17, 15) is 0 Å². The van der Waals surface area contributed by atoms with Gasteiger partial charge in [-0.05, 0) is 81.1 Å². The summed E-state index contributed by atoms with van der Waals surface area (Å²) in [6.45, 7) is -0.108. The van der Waals surface area contributed by atoms with Crippen molar-refractivity contribution in [1.82, 2.24) is 19.6 Å². The van der Waals surface area contributed by atoms with E-state index in [1.165, 1.54) is 49.4 Å². The molecule has 4 aliphatic rings. The Kier molecular flexibility index (Phi) is 6.41. The summed E-state index contributed by atoms with van der Waals surface area (Å²) in [6.07, 6.45) is 0. The maximum Gasteiger partial charge on any atom is 0.252 e. The van der Waals surface area contributed by atoms with Gasteiger partial charge in [-0.15, -0.1) is 10.2 Å². The van der Waals surface area contributed by atoms with E-state index < -0.39 is 0 Å². The molecule has 6 heterocycles. The molecule has 0 aliphatic carbocycles. The molecule has 2 aromatic heterocycles. The molecule has 0 saturated heterocycles. The van der Waals surface area contributed by atoms with E-state index in [4.69, 9.17) is 10.2 Å². The average Bonchev–Trinajstić information content (AvgIpc) is 3.95. The van der Waals surface area contributed by atoms with Gasteiger partial charge in [-0.3, -0.25) is 9.80 Å². The number of nitrogens with zero attached hydrogens (tertiary/aromatic N) is 6. The second kappa shape index (κ2) is 12.1. The summed E-state index contributed by atoms with van der Waals surface area (Å²) in [5.41, 5.74) is 22.0. The highest BCUT2D eigenvalue weighted by Crippen LogP contribution is 2.54. The van der Waals surface area contributed by atoms with Crippen LogP contribution in [0.5, 0.6) is 0 Å². The van der Waals surface area contributed by atoms with Crippen LogP contribution >= 0.6 is 0 Å². The molecule has 0 radical (unpaired) electrons. The van der Waals surface area contributed by atoms with Gasteiger partial charge in [-0.25, -0.2) is 9.36 Å². The van der Waals surface area contributed by atoms with E-state index >= 15 is 0 Å². The van der Waals surface area contributed by atoms with E-state index in [0.29, 0.717) is 0 Å². The molecule has 0 bridgehead atoms. The molecule has 0 saturated carbocycles. The molecular formula is C56H33BN6. The van der Waals surface area contributed by atoms with E-state index in [0.717, 1.165) is 79.0 Å². The van der Waals surface area contributed by atoms with Crippen molar-refractivity contribution in [3.63, 3.8) is 0 Å². The van der Waals surface area contributed by atoms with E-state index in [2.05, 4.69) is 219 Å². The molecule has 11 aromatic rings. The molecule has 290 valence electrons. The average molecular weight is 801 g/mol. The molecule has 0 unspecified atom stereocenters. The Hall–Kier alpha value is -8.42. The summed E-state index contributed by atoms with van der Waals surface area (Å²) in [4.78, 5) is 4.72. The maximum atomic E-state index is 5.80. The lowest BCUT2D eigenvalue weighted by molar-refractivity contribution is 0.888. The summed E-state index contributed by atoms with van der Waals surface area (Å²) < 4.78 is 4.59. The van der Waals surface area contributed by atoms with Crippen LogP contribution in [0.1, 0.15) is 0 Å². The number of hydrogen-bond donors (Lipinski definition) is 0. The van der Waals surface area contributed by atoms with Crippen molar-refractivity contribution < 1.29 is 0 Å². The number of hydrogen-bond acceptors (Lipinski definition) is 4. The third-order valence-electron chi connectivity index (χ3n) is 13.8. The van der Waals surface area contributed by atoms with Gasteiger partial charge in [-0.1, -0.05) is 158 Å². The van der Waals surface area contributed by atoms with Crippen LogP contribution in [0.2, 0.25) is 0 Å². The zero-order valence-electron chi connectivity index (χ0n) is 33.8. The molecule has 0 atom stereocenters.